The van der Waals surface area contributed by atoms with Gasteiger partial charge < -0.3 is 15.5 Å². The van der Waals surface area contributed by atoms with Crippen LogP contribution >= 0.6 is 0 Å². The molecular formula is C23H30F3N5O3. The summed E-state index contributed by atoms with van der Waals surface area (Å²) in [5.41, 5.74) is 0.495. The van der Waals surface area contributed by atoms with Crippen molar-refractivity contribution in [1.82, 2.24) is 15.2 Å². The fraction of sp³-hybridized carbons (Fsp3) is 0.609. The van der Waals surface area contributed by atoms with Crippen molar-refractivity contribution >= 4 is 29.0 Å². The summed E-state index contributed by atoms with van der Waals surface area (Å²) >= 11 is 0. The number of carbonyl (C=O) groups excluding carboxylic acids is 3. The lowest BCUT2D eigenvalue weighted by Gasteiger charge is -2.31. The maximum Gasteiger partial charge on any atom is 0.391 e. The van der Waals surface area contributed by atoms with E-state index in [4.69, 9.17) is 5.41 Å². The Morgan fingerprint density at radius 1 is 1.21 bits per heavy atom. The number of Topliss-reactive ketones (excluding diaryl/α,β-unsaturated/α-hetero) is 1. The smallest absolute Gasteiger partial charge is 0.374 e. The number of anilines is 1. The fourth-order valence-electron chi connectivity index (χ4n) is 4.69. The van der Waals surface area contributed by atoms with E-state index in [1.807, 2.05) is 0 Å². The highest BCUT2D eigenvalue weighted by molar-refractivity contribution is 6.45. The van der Waals surface area contributed by atoms with E-state index in [1.165, 1.54) is 30.3 Å². The van der Waals surface area contributed by atoms with E-state index in [1.54, 1.807) is 0 Å². The zero-order valence-electron chi connectivity index (χ0n) is 19.1. The lowest BCUT2D eigenvalue weighted by Crippen LogP contribution is -2.48. The number of alkyl halides is 3. The number of amides is 2. The van der Waals surface area contributed by atoms with Crippen LogP contribution in [0.5, 0.6) is 0 Å². The summed E-state index contributed by atoms with van der Waals surface area (Å²) in [7, 11) is 0. The van der Waals surface area contributed by atoms with E-state index < -0.39 is 23.9 Å². The number of halogens is 3. The Morgan fingerprint density at radius 3 is 2.68 bits per heavy atom. The first-order chi connectivity index (χ1) is 16.1. The van der Waals surface area contributed by atoms with E-state index in [0.717, 1.165) is 0 Å². The fourth-order valence-corrected chi connectivity index (χ4v) is 4.69. The predicted octanol–water partition coefficient (Wildman–Crippen LogP) is 2.93. The van der Waals surface area contributed by atoms with Gasteiger partial charge in [0.05, 0.1) is 24.3 Å². The average molecular weight is 482 g/mol. The van der Waals surface area contributed by atoms with Crippen LogP contribution in [0, 0.1) is 17.2 Å². The lowest BCUT2D eigenvalue weighted by molar-refractivity contribution is -0.185. The summed E-state index contributed by atoms with van der Waals surface area (Å²) in [5.74, 6) is -2.63. The Labute approximate surface area is 196 Å². The second-order valence-corrected chi connectivity index (χ2v) is 8.97. The molecule has 3 rings (SSSR count). The number of pyridine rings is 1. The molecule has 2 heterocycles. The van der Waals surface area contributed by atoms with Crippen molar-refractivity contribution in [2.45, 2.75) is 57.7 Å². The van der Waals surface area contributed by atoms with Gasteiger partial charge in [-0.25, -0.2) is 0 Å². The van der Waals surface area contributed by atoms with Gasteiger partial charge in [0.25, 0.3) is 0 Å². The van der Waals surface area contributed by atoms with Gasteiger partial charge in [-0.3, -0.25) is 24.8 Å². The largest absolute Gasteiger partial charge is 0.391 e. The number of nitrogens with one attached hydrogen (secondary N) is 3. The average Bonchev–Trinajstić information content (AvgIpc) is 3.30. The SMILES string of the molecule is CC(=O)C(=N)c1ccncc1NCC(=O)N1CCC[C@H]1C(=O)NCC1CCCC(C(F)(F)F)C1. The molecular weight excluding hydrogens is 451 g/mol. The molecule has 34 heavy (non-hydrogen) atoms. The van der Waals surface area contributed by atoms with E-state index in [0.29, 0.717) is 43.5 Å². The quantitative estimate of drug-likeness (QED) is 0.494. The van der Waals surface area contributed by atoms with Gasteiger partial charge >= 0.3 is 6.18 Å². The molecule has 11 heteroatoms. The molecule has 1 aliphatic carbocycles. The molecule has 0 spiro atoms. The number of aromatic nitrogens is 1. The minimum atomic E-state index is -4.21. The van der Waals surface area contributed by atoms with Crippen molar-refractivity contribution < 1.29 is 27.6 Å². The molecule has 8 nitrogen and oxygen atoms in total. The molecule has 0 aromatic carbocycles. The number of hydrogen-bond acceptors (Lipinski definition) is 6. The first-order valence-electron chi connectivity index (χ1n) is 11.5. The first kappa shape index (κ1) is 25.6. The number of likely N-dealkylation sites (tertiary alicyclic amines) is 1. The second-order valence-electron chi connectivity index (χ2n) is 8.97. The highest BCUT2D eigenvalue weighted by Crippen LogP contribution is 2.39. The molecule has 0 bridgehead atoms. The summed E-state index contributed by atoms with van der Waals surface area (Å²) < 4.78 is 39.1. The highest BCUT2D eigenvalue weighted by atomic mass is 19.4. The van der Waals surface area contributed by atoms with Crippen LogP contribution < -0.4 is 10.6 Å². The summed E-state index contributed by atoms with van der Waals surface area (Å²) in [6, 6.07) is 0.845. The number of ketones is 1. The van der Waals surface area contributed by atoms with Crippen LogP contribution in [0.4, 0.5) is 18.9 Å². The van der Waals surface area contributed by atoms with Gasteiger partial charge in [0.15, 0.2) is 5.78 Å². The molecule has 3 N–H and O–H groups in total. The lowest BCUT2D eigenvalue weighted by atomic mass is 9.81. The van der Waals surface area contributed by atoms with E-state index >= 15 is 0 Å². The molecule has 1 aromatic rings. The predicted molar refractivity (Wildman–Crippen MR) is 119 cm³/mol. The molecule has 1 saturated carbocycles. The van der Waals surface area contributed by atoms with Crippen LogP contribution in [0.3, 0.4) is 0 Å². The normalized spacial score (nSPS) is 22.8. The molecule has 1 aliphatic heterocycles. The van der Waals surface area contributed by atoms with Crippen molar-refractivity contribution in [3.05, 3.63) is 24.0 Å². The molecule has 2 unspecified atom stereocenters. The van der Waals surface area contributed by atoms with Crippen LogP contribution in [0.1, 0.15) is 51.0 Å². The topological polar surface area (TPSA) is 115 Å². The van der Waals surface area contributed by atoms with Gasteiger partial charge in [-0.15, -0.1) is 0 Å². The monoisotopic (exact) mass is 481 g/mol. The molecule has 3 atom stereocenters. The number of rotatable bonds is 8. The number of nitrogens with zero attached hydrogens (tertiary/aromatic N) is 2. The Morgan fingerprint density at radius 2 is 1.97 bits per heavy atom. The van der Waals surface area contributed by atoms with Crippen molar-refractivity contribution in [1.29, 1.82) is 5.41 Å². The molecule has 1 saturated heterocycles. The Hall–Kier alpha value is -2.98. The highest BCUT2D eigenvalue weighted by Gasteiger charge is 2.42. The number of hydrogen-bond donors (Lipinski definition) is 3. The Bertz CT molecular complexity index is 937. The van der Waals surface area contributed by atoms with Crippen molar-refractivity contribution in [3.8, 4) is 0 Å². The third-order valence-electron chi connectivity index (χ3n) is 6.56. The zero-order chi connectivity index (χ0) is 24.9. The standard InChI is InChI=1S/C23H30F3N5O3/c1-14(32)21(27)17-7-8-28-12-18(17)29-13-20(33)31-9-3-6-19(31)22(34)30-11-15-4-2-5-16(10-15)23(24,25)26/h7-8,12,15-16,19,27,29H,2-6,9-11,13H2,1H3,(H,30,34)/t15?,16?,19-/m0/s1. The van der Waals surface area contributed by atoms with Gasteiger partial charge in [0, 0.05) is 31.8 Å². The first-order valence-corrected chi connectivity index (χ1v) is 11.5. The van der Waals surface area contributed by atoms with Crippen LogP contribution in [0.2, 0.25) is 0 Å². The zero-order valence-corrected chi connectivity index (χ0v) is 19.1. The maximum absolute atomic E-state index is 13.0. The maximum atomic E-state index is 13.0. The van der Waals surface area contributed by atoms with Crippen molar-refractivity contribution in [3.63, 3.8) is 0 Å². The van der Waals surface area contributed by atoms with Crippen LogP contribution in [0.25, 0.3) is 0 Å². The van der Waals surface area contributed by atoms with Gasteiger partial charge in [-0.1, -0.05) is 6.42 Å². The number of carbonyl (C=O) groups is 3. The third-order valence-corrected chi connectivity index (χ3v) is 6.56. The summed E-state index contributed by atoms with van der Waals surface area (Å²) in [6.45, 7) is 1.71. The molecule has 0 radical (unpaired) electrons. The van der Waals surface area contributed by atoms with Crippen molar-refractivity contribution in [2.24, 2.45) is 11.8 Å². The third kappa shape index (κ3) is 6.32. The van der Waals surface area contributed by atoms with Gasteiger partial charge in [0.1, 0.15) is 11.8 Å². The molecule has 2 fully saturated rings. The minimum Gasteiger partial charge on any atom is -0.374 e. The second kappa shape index (κ2) is 11.0. The van der Waals surface area contributed by atoms with Gasteiger partial charge in [0.2, 0.25) is 11.8 Å². The summed E-state index contributed by atoms with van der Waals surface area (Å²) in [6.07, 6.45) is 1.09. The van der Waals surface area contributed by atoms with Crippen LogP contribution in [-0.4, -0.2) is 65.0 Å². The summed E-state index contributed by atoms with van der Waals surface area (Å²) in [4.78, 5) is 42.6. The van der Waals surface area contributed by atoms with E-state index in [2.05, 4.69) is 15.6 Å². The Balaban J connectivity index is 1.54. The van der Waals surface area contributed by atoms with Gasteiger partial charge in [-0.2, -0.15) is 13.2 Å². The van der Waals surface area contributed by atoms with Crippen LogP contribution in [-0.2, 0) is 14.4 Å². The molecule has 1 aromatic heterocycles. The van der Waals surface area contributed by atoms with Gasteiger partial charge in [-0.05, 0) is 44.1 Å². The van der Waals surface area contributed by atoms with E-state index in [-0.39, 0.29) is 49.4 Å². The van der Waals surface area contributed by atoms with Crippen molar-refractivity contribution in [2.75, 3.05) is 25.0 Å². The Kier molecular flexibility index (Phi) is 8.27. The van der Waals surface area contributed by atoms with Crippen LogP contribution in [0.15, 0.2) is 18.5 Å². The molecule has 2 aliphatic rings. The van der Waals surface area contributed by atoms with E-state index in [9.17, 15) is 27.6 Å². The summed E-state index contributed by atoms with van der Waals surface area (Å²) in [5, 5.41) is 13.6. The molecule has 2 amide bonds. The molecule has 186 valence electrons. The minimum absolute atomic E-state index is 0.0176.